The molecule has 1 N–H and O–H groups in total. The minimum absolute atomic E-state index is 0.0107. The fraction of sp³-hybridized carbons (Fsp3) is 0.353. The van der Waals surface area contributed by atoms with E-state index in [1.807, 2.05) is 30.3 Å². The van der Waals surface area contributed by atoms with Crippen molar-refractivity contribution in [2.75, 3.05) is 11.9 Å². The molecule has 3 rings (SSSR count). The number of aryl methyl sites for hydroxylation is 1. The minimum atomic E-state index is -0.652. The van der Waals surface area contributed by atoms with Crippen LogP contribution >= 0.6 is 0 Å². The number of hydrogen-bond acceptors (Lipinski definition) is 4. The summed E-state index contributed by atoms with van der Waals surface area (Å²) < 4.78 is 4.97. The van der Waals surface area contributed by atoms with Gasteiger partial charge in [0, 0.05) is 19.0 Å². The molecule has 6 nitrogen and oxygen atoms in total. The zero-order valence-corrected chi connectivity index (χ0v) is 13.0. The highest BCUT2D eigenvalue weighted by Crippen LogP contribution is 2.27. The van der Waals surface area contributed by atoms with E-state index in [1.165, 1.54) is 0 Å². The van der Waals surface area contributed by atoms with E-state index in [2.05, 4.69) is 10.5 Å². The monoisotopic (exact) mass is 313 g/mol. The molecule has 1 fully saturated rings. The Morgan fingerprint density at radius 2 is 2.09 bits per heavy atom. The van der Waals surface area contributed by atoms with E-state index in [0.29, 0.717) is 24.5 Å². The van der Waals surface area contributed by atoms with Gasteiger partial charge in [0.2, 0.25) is 5.91 Å². The van der Waals surface area contributed by atoms with Gasteiger partial charge < -0.3 is 14.7 Å². The Kier molecular flexibility index (Phi) is 4.41. The summed E-state index contributed by atoms with van der Waals surface area (Å²) in [6, 6.07) is 10.3. The molecule has 1 aliphatic heterocycles. The van der Waals surface area contributed by atoms with E-state index in [1.54, 1.807) is 17.9 Å². The molecule has 1 aromatic heterocycles. The molecule has 1 saturated heterocycles. The zero-order valence-electron chi connectivity index (χ0n) is 13.0. The van der Waals surface area contributed by atoms with Crippen LogP contribution in [0.15, 0.2) is 40.9 Å². The molecule has 1 unspecified atom stereocenters. The molecule has 0 bridgehead atoms. The Morgan fingerprint density at radius 3 is 2.74 bits per heavy atom. The number of nitrogens with zero attached hydrogens (tertiary/aromatic N) is 2. The minimum Gasteiger partial charge on any atom is -0.360 e. The Balaban J connectivity index is 1.88. The Morgan fingerprint density at radius 1 is 1.30 bits per heavy atom. The Bertz CT molecular complexity index is 696. The second-order valence-corrected chi connectivity index (χ2v) is 5.67. The lowest BCUT2D eigenvalue weighted by Crippen LogP contribution is -2.43. The normalized spacial score (nSPS) is 16.2. The summed E-state index contributed by atoms with van der Waals surface area (Å²) >= 11 is 0. The topological polar surface area (TPSA) is 75.4 Å². The van der Waals surface area contributed by atoms with Crippen molar-refractivity contribution in [1.29, 1.82) is 0 Å². The van der Waals surface area contributed by atoms with Gasteiger partial charge in [0.1, 0.15) is 11.8 Å². The maximum absolute atomic E-state index is 12.8. The Labute approximate surface area is 134 Å². The van der Waals surface area contributed by atoms with Gasteiger partial charge in [-0.05, 0) is 25.3 Å². The third kappa shape index (κ3) is 3.41. The zero-order chi connectivity index (χ0) is 16.2. The molecule has 23 heavy (non-hydrogen) atoms. The number of piperidine rings is 1. The number of hydrogen-bond donors (Lipinski definition) is 1. The van der Waals surface area contributed by atoms with Crippen molar-refractivity contribution >= 4 is 17.6 Å². The van der Waals surface area contributed by atoms with Gasteiger partial charge in [-0.3, -0.25) is 9.59 Å². The summed E-state index contributed by atoms with van der Waals surface area (Å²) in [7, 11) is 0. The number of aromatic nitrogens is 1. The van der Waals surface area contributed by atoms with Crippen LogP contribution in [0.2, 0.25) is 0 Å². The molecule has 1 aliphatic rings. The number of benzene rings is 1. The molecule has 1 aromatic carbocycles. The van der Waals surface area contributed by atoms with Crippen molar-refractivity contribution in [2.24, 2.45) is 0 Å². The maximum Gasteiger partial charge on any atom is 0.253 e. The number of carbonyl (C=O) groups excluding carboxylic acids is 2. The van der Waals surface area contributed by atoms with E-state index >= 15 is 0 Å². The van der Waals surface area contributed by atoms with Crippen LogP contribution in [0.5, 0.6) is 0 Å². The van der Waals surface area contributed by atoms with Crippen LogP contribution < -0.4 is 5.32 Å². The second kappa shape index (κ2) is 6.64. The van der Waals surface area contributed by atoms with Gasteiger partial charge in [0.25, 0.3) is 5.91 Å². The van der Waals surface area contributed by atoms with Crippen molar-refractivity contribution in [3.8, 4) is 0 Å². The molecule has 0 aliphatic carbocycles. The summed E-state index contributed by atoms with van der Waals surface area (Å²) in [6.07, 6.45) is 2.27. The van der Waals surface area contributed by atoms with Crippen LogP contribution in [-0.4, -0.2) is 28.4 Å². The van der Waals surface area contributed by atoms with Crippen LogP contribution in [0.4, 0.5) is 5.82 Å². The van der Waals surface area contributed by atoms with Crippen molar-refractivity contribution in [3.63, 3.8) is 0 Å². The molecular formula is C17H19N3O3. The number of amides is 2. The Hall–Kier alpha value is -2.63. The smallest absolute Gasteiger partial charge is 0.253 e. The first-order valence-electron chi connectivity index (χ1n) is 7.74. The van der Waals surface area contributed by atoms with Gasteiger partial charge >= 0.3 is 0 Å². The molecule has 1 atom stereocenters. The number of nitrogens with one attached hydrogen (secondary N) is 1. The number of likely N-dealkylation sites (tertiary alicyclic amines) is 1. The van der Waals surface area contributed by atoms with Crippen molar-refractivity contribution in [3.05, 3.63) is 47.7 Å². The molecule has 0 radical (unpaired) electrons. The predicted molar refractivity (Wildman–Crippen MR) is 84.6 cm³/mol. The van der Waals surface area contributed by atoms with Crippen LogP contribution in [0.25, 0.3) is 0 Å². The van der Waals surface area contributed by atoms with E-state index in [4.69, 9.17) is 4.52 Å². The maximum atomic E-state index is 12.8. The number of anilines is 1. The first-order chi connectivity index (χ1) is 11.1. The third-order valence-corrected chi connectivity index (χ3v) is 3.91. The SMILES string of the molecule is Cc1cc(NC(=O)C(c2ccccc2)N2CCCCC2=O)no1. The summed E-state index contributed by atoms with van der Waals surface area (Å²) in [5, 5.41) is 6.53. The quantitative estimate of drug-likeness (QED) is 0.941. The van der Waals surface area contributed by atoms with Crippen molar-refractivity contribution in [1.82, 2.24) is 10.1 Å². The molecule has 0 saturated carbocycles. The second-order valence-electron chi connectivity index (χ2n) is 5.67. The molecule has 2 amide bonds. The molecular weight excluding hydrogens is 294 g/mol. The van der Waals surface area contributed by atoms with Gasteiger partial charge in [0.05, 0.1) is 0 Å². The first-order valence-corrected chi connectivity index (χ1v) is 7.74. The van der Waals surface area contributed by atoms with E-state index in [-0.39, 0.29) is 11.8 Å². The van der Waals surface area contributed by atoms with Crippen LogP contribution in [0.3, 0.4) is 0 Å². The summed E-state index contributed by atoms with van der Waals surface area (Å²) in [4.78, 5) is 26.7. The highest BCUT2D eigenvalue weighted by Gasteiger charge is 2.33. The standard InChI is InChI=1S/C17H19N3O3/c1-12-11-14(19-23-12)18-17(22)16(13-7-3-2-4-8-13)20-10-6-5-9-15(20)21/h2-4,7-8,11,16H,5-6,9-10H2,1H3,(H,18,19,22). The van der Waals surface area contributed by atoms with E-state index in [0.717, 1.165) is 18.4 Å². The van der Waals surface area contributed by atoms with Crippen molar-refractivity contribution in [2.45, 2.75) is 32.2 Å². The van der Waals surface area contributed by atoms with Gasteiger partial charge in [0.15, 0.2) is 5.82 Å². The molecule has 0 spiro atoms. The predicted octanol–water partition coefficient (Wildman–Crippen LogP) is 2.68. The van der Waals surface area contributed by atoms with Gasteiger partial charge in [-0.25, -0.2) is 0 Å². The summed E-state index contributed by atoms with van der Waals surface area (Å²) in [6.45, 7) is 2.34. The lowest BCUT2D eigenvalue weighted by Gasteiger charge is -2.33. The van der Waals surface area contributed by atoms with E-state index < -0.39 is 6.04 Å². The number of carbonyl (C=O) groups is 2. The van der Waals surface area contributed by atoms with E-state index in [9.17, 15) is 9.59 Å². The largest absolute Gasteiger partial charge is 0.360 e. The third-order valence-electron chi connectivity index (χ3n) is 3.91. The van der Waals surface area contributed by atoms with Crippen LogP contribution in [0, 0.1) is 6.92 Å². The lowest BCUT2D eigenvalue weighted by atomic mass is 10.0. The van der Waals surface area contributed by atoms with Crippen molar-refractivity contribution < 1.29 is 14.1 Å². The molecule has 6 heteroatoms. The molecule has 120 valence electrons. The summed E-state index contributed by atoms with van der Waals surface area (Å²) in [5.41, 5.74) is 0.792. The summed E-state index contributed by atoms with van der Waals surface area (Å²) in [5.74, 6) is 0.708. The number of rotatable bonds is 4. The molecule has 2 heterocycles. The van der Waals surface area contributed by atoms with Crippen LogP contribution in [0.1, 0.15) is 36.6 Å². The highest BCUT2D eigenvalue weighted by atomic mass is 16.5. The van der Waals surface area contributed by atoms with Gasteiger partial charge in [-0.15, -0.1) is 0 Å². The average Bonchev–Trinajstić information content (AvgIpc) is 2.95. The van der Waals surface area contributed by atoms with Crippen LogP contribution in [-0.2, 0) is 9.59 Å². The molecule has 2 aromatic rings. The highest BCUT2D eigenvalue weighted by molar-refractivity contribution is 5.97. The van der Waals surface area contributed by atoms with Gasteiger partial charge in [-0.1, -0.05) is 35.5 Å². The lowest BCUT2D eigenvalue weighted by molar-refractivity contribution is -0.141. The van der Waals surface area contributed by atoms with Gasteiger partial charge in [-0.2, -0.15) is 0 Å². The first kappa shape index (κ1) is 15.3. The average molecular weight is 313 g/mol. The fourth-order valence-electron chi connectivity index (χ4n) is 2.83. The fourth-order valence-corrected chi connectivity index (χ4v) is 2.83.